The Hall–Kier alpha value is -5.16. The lowest BCUT2D eigenvalue weighted by atomic mass is 10.0. The Labute approximate surface area is 405 Å². The van der Waals surface area contributed by atoms with Crippen molar-refractivity contribution in [3.63, 3.8) is 0 Å². The van der Waals surface area contributed by atoms with Crippen molar-refractivity contribution in [2.45, 2.75) is 39.8 Å². The Morgan fingerprint density at radius 3 is 1.11 bits per heavy atom. The lowest BCUT2D eigenvalue weighted by molar-refractivity contribution is -0.127. The van der Waals surface area contributed by atoms with Gasteiger partial charge in [0.1, 0.15) is 0 Å². The summed E-state index contributed by atoms with van der Waals surface area (Å²) in [6.45, 7) is 5.62. The van der Waals surface area contributed by atoms with Gasteiger partial charge in [-0.2, -0.15) is 20.5 Å². The molecule has 0 saturated carbocycles. The Bertz CT molecular complexity index is 2630. The van der Waals surface area contributed by atoms with Gasteiger partial charge in [0.2, 0.25) is 12.1 Å². The second-order valence-corrected chi connectivity index (χ2v) is 16.7. The maximum Gasteiger partial charge on any atom is 0.258 e. The quantitative estimate of drug-likeness (QED) is 0.0484. The van der Waals surface area contributed by atoms with E-state index in [-0.39, 0.29) is 85.4 Å². The molecule has 5 aromatic rings. The second kappa shape index (κ2) is 21.7. The van der Waals surface area contributed by atoms with Gasteiger partial charge >= 0.3 is 0 Å². The van der Waals surface area contributed by atoms with Crippen molar-refractivity contribution in [3.05, 3.63) is 135 Å². The van der Waals surface area contributed by atoms with Crippen molar-refractivity contribution >= 4 is 162 Å². The van der Waals surface area contributed by atoms with Crippen LogP contribution < -0.4 is 21.3 Å². The molecule has 5 aromatic carbocycles. The van der Waals surface area contributed by atoms with E-state index in [1.54, 1.807) is 13.8 Å². The van der Waals surface area contributed by atoms with Gasteiger partial charge < -0.3 is 21.3 Å². The molecule has 0 aromatic heterocycles. The van der Waals surface area contributed by atoms with Gasteiger partial charge in [0.15, 0.2) is 11.6 Å². The molecular formula is C42H30Cl8N8O6. The number of carbonyl (C=O) groups excluding carboxylic acids is 6. The zero-order chi connectivity index (χ0) is 47.2. The number of nitrogens with one attached hydrogen (secondary N) is 4. The van der Waals surface area contributed by atoms with E-state index in [1.807, 2.05) is 0 Å². The first kappa shape index (κ1) is 49.8. The molecule has 0 heterocycles. The highest BCUT2D eigenvalue weighted by molar-refractivity contribution is 6.50. The van der Waals surface area contributed by atoms with Crippen LogP contribution in [0.15, 0.2) is 93.3 Å². The third-order valence-corrected chi connectivity index (χ3v) is 12.3. The SMILES string of the molecule is CC(=O)C(N=Nc1ccc(Cl)c(C(=O)Nc2ccc(Cl)c(Cl)c2Cl)c1)C(=O)Nc1ccc(NC(=O)C(N=Nc2ccc(Cl)c(C(=O)Nc3ccc(Cl)c(Cl)c3Cl)c2)C(C)=O)c(C)c1C. The van der Waals surface area contributed by atoms with E-state index < -0.39 is 47.3 Å². The molecular weight excluding hydrogens is 996 g/mol. The molecule has 64 heavy (non-hydrogen) atoms. The van der Waals surface area contributed by atoms with E-state index in [1.165, 1.54) is 72.8 Å². The number of hydrogen-bond acceptors (Lipinski definition) is 10. The van der Waals surface area contributed by atoms with E-state index in [0.29, 0.717) is 11.1 Å². The Morgan fingerprint density at radius 1 is 0.438 bits per heavy atom. The highest BCUT2D eigenvalue weighted by Crippen LogP contribution is 2.38. The fourth-order valence-corrected chi connectivity index (χ4v) is 7.07. The van der Waals surface area contributed by atoms with Gasteiger partial charge in [-0.15, -0.1) is 0 Å². The number of carbonyl (C=O) groups is 6. The third-order valence-electron chi connectivity index (χ3n) is 9.10. The van der Waals surface area contributed by atoms with E-state index in [4.69, 9.17) is 92.8 Å². The lowest BCUT2D eigenvalue weighted by Crippen LogP contribution is -2.33. The largest absolute Gasteiger partial charge is 0.324 e. The minimum atomic E-state index is -1.60. The number of azo groups is 2. The highest BCUT2D eigenvalue weighted by Gasteiger charge is 2.27. The number of halogens is 8. The Balaban J connectivity index is 1.26. The van der Waals surface area contributed by atoms with Gasteiger partial charge in [0.05, 0.1) is 74.1 Å². The van der Waals surface area contributed by atoms with Crippen LogP contribution >= 0.6 is 92.8 Å². The number of Topliss-reactive ketones (excluding diaryl/α,β-unsaturated/α-hetero) is 2. The molecule has 330 valence electrons. The van der Waals surface area contributed by atoms with Crippen molar-refractivity contribution < 1.29 is 28.8 Å². The summed E-state index contributed by atoms with van der Waals surface area (Å²) in [7, 11) is 0. The first-order chi connectivity index (χ1) is 30.2. The van der Waals surface area contributed by atoms with Gasteiger partial charge in [-0.25, -0.2) is 0 Å². The molecule has 0 bridgehead atoms. The highest BCUT2D eigenvalue weighted by atomic mass is 35.5. The van der Waals surface area contributed by atoms with Crippen molar-refractivity contribution in [1.29, 1.82) is 0 Å². The fourth-order valence-electron chi connectivity index (χ4n) is 5.50. The van der Waals surface area contributed by atoms with E-state index in [0.717, 1.165) is 13.8 Å². The molecule has 0 aliphatic rings. The summed E-state index contributed by atoms with van der Waals surface area (Å²) in [5.41, 5.74) is 2.03. The van der Waals surface area contributed by atoms with E-state index >= 15 is 0 Å². The summed E-state index contributed by atoms with van der Waals surface area (Å²) in [5, 5.41) is 27.1. The van der Waals surface area contributed by atoms with Crippen LogP contribution in [0.4, 0.5) is 34.1 Å². The van der Waals surface area contributed by atoms with Gasteiger partial charge in [-0.05, 0) is 112 Å². The number of benzene rings is 5. The molecule has 5 rings (SSSR count). The van der Waals surface area contributed by atoms with Crippen LogP contribution in [0.3, 0.4) is 0 Å². The molecule has 2 atom stereocenters. The first-order valence-corrected chi connectivity index (χ1v) is 21.2. The monoisotopic (exact) mass is 1020 g/mol. The van der Waals surface area contributed by atoms with Gasteiger partial charge in [0.25, 0.3) is 23.6 Å². The number of anilines is 4. The predicted octanol–water partition coefficient (Wildman–Crippen LogP) is 13.4. The fraction of sp³-hybridized carbons (Fsp3) is 0.143. The zero-order valence-corrected chi connectivity index (χ0v) is 39.4. The number of nitrogens with zero attached hydrogens (tertiary/aromatic N) is 4. The molecule has 0 radical (unpaired) electrons. The van der Waals surface area contributed by atoms with Crippen LogP contribution in [0.2, 0.25) is 40.2 Å². The van der Waals surface area contributed by atoms with Crippen LogP contribution in [0.1, 0.15) is 45.7 Å². The topological polar surface area (TPSA) is 200 Å². The van der Waals surface area contributed by atoms with Crippen LogP contribution in [0.25, 0.3) is 0 Å². The molecule has 0 fully saturated rings. The molecule has 2 unspecified atom stereocenters. The van der Waals surface area contributed by atoms with Crippen molar-refractivity contribution in [2.75, 3.05) is 21.3 Å². The molecule has 22 heteroatoms. The van der Waals surface area contributed by atoms with Crippen LogP contribution in [-0.2, 0) is 19.2 Å². The number of amides is 4. The zero-order valence-electron chi connectivity index (χ0n) is 33.3. The maximum atomic E-state index is 13.4. The molecule has 4 N–H and O–H groups in total. The molecule has 0 spiro atoms. The summed E-state index contributed by atoms with van der Waals surface area (Å²) >= 11 is 49.1. The van der Waals surface area contributed by atoms with Gasteiger partial charge in [-0.3, -0.25) is 28.8 Å². The number of rotatable bonds is 14. The van der Waals surface area contributed by atoms with Crippen molar-refractivity contribution in [3.8, 4) is 0 Å². The van der Waals surface area contributed by atoms with Crippen LogP contribution in [-0.4, -0.2) is 47.3 Å². The predicted molar refractivity (Wildman–Crippen MR) is 253 cm³/mol. The second-order valence-electron chi connectivity index (χ2n) is 13.5. The summed E-state index contributed by atoms with van der Waals surface area (Å²) in [6, 6.07) is 13.8. The van der Waals surface area contributed by atoms with Gasteiger partial charge in [0, 0.05) is 11.4 Å². The Morgan fingerprint density at radius 2 is 0.766 bits per heavy atom. The maximum absolute atomic E-state index is 13.4. The molecule has 14 nitrogen and oxygen atoms in total. The van der Waals surface area contributed by atoms with Crippen LogP contribution in [0, 0.1) is 13.8 Å². The molecule has 4 amide bonds. The van der Waals surface area contributed by atoms with Crippen LogP contribution in [0.5, 0.6) is 0 Å². The lowest BCUT2D eigenvalue weighted by Gasteiger charge is -2.17. The minimum absolute atomic E-state index is 0.0146. The number of ketones is 2. The van der Waals surface area contributed by atoms with E-state index in [9.17, 15) is 28.8 Å². The van der Waals surface area contributed by atoms with E-state index in [2.05, 4.69) is 41.7 Å². The Kier molecular flexibility index (Phi) is 16.9. The third kappa shape index (κ3) is 11.9. The number of hydrogen-bond donors (Lipinski definition) is 4. The molecule has 0 aliphatic heterocycles. The van der Waals surface area contributed by atoms with Crippen molar-refractivity contribution in [2.24, 2.45) is 20.5 Å². The van der Waals surface area contributed by atoms with Crippen molar-refractivity contribution in [1.82, 2.24) is 0 Å². The first-order valence-electron chi connectivity index (χ1n) is 18.2. The summed E-state index contributed by atoms with van der Waals surface area (Å²) < 4.78 is 0. The average molecular weight is 1030 g/mol. The summed E-state index contributed by atoms with van der Waals surface area (Å²) in [6.07, 6.45) is 0. The smallest absolute Gasteiger partial charge is 0.258 e. The average Bonchev–Trinajstić information content (AvgIpc) is 3.24. The summed E-state index contributed by atoms with van der Waals surface area (Å²) in [5.74, 6) is -4.27. The summed E-state index contributed by atoms with van der Waals surface area (Å²) in [4.78, 5) is 78.2. The molecule has 0 saturated heterocycles. The van der Waals surface area contributed by atoms with Gasteiger partial charge in [-0.1, -0.05) is 92.8 Å². The minimum Gasteiger partial charge on any atom is -0.324 e. The molecule has 0 aliphatic carbocycles. The normalized spacial score (nSPS) is 12.2. The standard InChI is InChI=1S/C42H30Cl8N8O6/c1-17-18(2)30(52-42(64)38(20(4)60)58-56-22-6-8-26(44)24(16-22)40(62)54-32-12-10-28(46)34(48)36(32)50)14-13-29(17)51-41(63)37(19(3)59)57-55-21-5-7-25(43)23(15-21)39(61)53-31-11-9-27(45)33(47)35(31)49/h5-16,37-38H,1-4H3,(H,51,63)(H,52,64)(H,53,61)(H,54,62).